The molecule has 102 valence electrons. The zero-order valence-electron chi connectivity index (χ0n) is 12.9. The van der Waals surface area contributed by atoms with Crippen molar-refractivity contribution >= 4 is 21.5 Å². The van der Waals surface area contributed by atoms with Gasteiger partial charge in [0.1, 0.15) is 15.7 Å². The summed E-state index contributed by atoms with van der Waals surface area (Å²) in [5.41, 5.74) is 3.05. The van der Waals surface area contributed by atoms with Crippen LogP contribution in [0.15, 0.2) is 60.7 Å². The summed E-state index contributed by atoms with van der Waals surface area (Å²) in [6.45, 7) is 7.93. The zero-order chi connectivity index (χ0) is 15.1. The monoisotopic (exact) mass is 264 g/mol. The summed E-state index contributed by atoms with van der Waals surface area (Å²) in [5, 5.41) is 0. The number of allylic oxidation sites excluding steroid dienone is 5. The van der Waals surface area contributed by atoms with Crippen LogP contribution in [-0.2, 0) is 0 Å². The number of Topliss-reactive ketones (excluding diaryl/α,β-unsaturated/α-hetero) is 1. The molecular weight excluding hydrogens is 242 g/mol. The Morgan fingerprint density at radius 3 is 2.25 bits per heavy atom. The number of ketones is 1. The second-order valence-corrected chi connectivity index (χ2v) is 5.56. The van der Waals surface area contributed by atoms with Crippen LogP contribution in [0.4, 0.5) is 0 Å². The average Bonchev–Trinajstić information content (AvgIpc) is 2.42. The fourth-order valence-corrected chi connectivity index (χ4v) is 1.80. The van der Waals surface area contributed by atoms with E-state index in [9.17, 15) is 4.79 Å². The lowest BCUT2D eigenvalue weighted by molar-refractivity contribution is 0.103. The van der Waals surface area contributed by atoms with Gasteiger partial charge in [-0.1, -0.05) is 80.3 Å². The molecule has 0 radical (unpaired) electrons. The summed E-state index contributed by atoms with van der Waals surface area (Å²) in [6, 6.07) is 7.81. The summed E-state index contributed by atoms with van der Waals surface area (Å²) >= 11 is 0. The molecule has 1 aromatic rings. The summed E-state index contributed by atoms with van der Waals surface area (Å²) < 4.78 is 0. The third kappa shape index (κ3) is 4.73. The van der Waals surface area contributed by atoms with Gasteiger partial charge in [0.05, 0.1) is 0 Å². The van der Waals surface area contributed by atoms with Crippen LogP contribution in [0.2, 0.25) is 0 Å². The summed E-state index contributed by atoms with van der Waals surface area (Å²) in [6.07, 6.45) is 7.41. The number of hydrogen-bond acceptors (Lipinski definition) is 1. The molecule has 0 aliphatic rings. The van der Waals surface area contributed by atoms with Gasteiger partial charge >= 0.3 is 0 Å². The van der Waals surface area contributed by atoms with E-state index in [2.05, 4.69) is 42.2 Å². The van der Waals surface area contributed by atoms with Crippen LogP contribution in [0.25, 0.3) is 0 Å². The van der Waals surface area contributed by atoms with E-state index < -0.39 is 0 Å². The van der Waals surface area contributed by atoms with E-state index in [4.69, 9.17) is 0 Å². The normalized spacial score (nSPS) is 12.3. The van der Waals surface area contributed by atoms with Crippen molar-refractivity contribution in [1.82, 2.24) is 0 Å². The number of hydrogen-bond donors (Lipinski definition) is 0. The topological polar surface area (TPSA) is 17.1 Å². The molecule has 0 spiro atoms. The van der Waals surface area contributed by atoms with Crippen LogP contribution in [0.5, 0.6) is 0 Å². The van der Waals surface area contributed by atoms with Gasteiger partial charge in [0.25, 0.3) is 0 Å². The minimum Gasteiger partial charge on any atom is -0.289 e. The van der Waals surface area contributed by atoms with Crippen molar-refractivity contribution in [2.45, 2.75) is 19.6 Å². The number of carbonyl (C=O) groups is 1. The predicted molar refractivity (Wildman–Crippen MR) is 92.9 cm³/mol. The van der Waals surface area contributed by atoms with Crippen LogP contribution >= 0.6 is 0 Å². The largest absolute Gasteiger partial charge is 0.289 e. The lowest BCUT2D eigenvalue weighted by Crippen LogP contribution is -2.03. The molecule has 1 rings (SSSR count). The molecule has 0 fully saturated rings. The molecule has 3 heteroatoms. The molecular formula is C17H22B2O. The maximum absolute atomic E-state index is 12.4. The fraction of sp³-hybridized carbons (Fsp3) is 0.235. The molecule has 0 heterocycles. The Kier molecular flexibility index (Phi) is 6.30. The Hall–Kier alpha value is -1.76. The quantitative estimate of drug-likeness (QED) is 0.334. The Morgan fingerprint density at radius 2 is 1.80 bits per heavy atom. The number of carbonyl (C=O) groups excluding carboxylic acids is 1. The molecule has 1 nitrogen and oxygen atoms in total. The van der Waals surface area contributed by atoms with E-state index in [0.29, 0.717) is 22.8 Å². The molecule has 20 heavy (non-hydrogen) atoms. The Balaban J connectivity index is 2.94. The van der Waals surface area contributed by atoms with E-state index in [0.717, 1.165) is 0 Å². The second-order valence-electron chi connectivity index (χ2n) is 5.56. The van der Waals surface area contributed by atoms with E-state index in [-0.39, 0.29) is 5.78 Å². The van der Waals surface area contributed by atoms with E-state index in [1.807, 2.05) is 36.4 Å². The van der Waals surface area contributed by atoms with Gasteiger partial charge in [-0.3, -0.25) is 4.79 Å². The van der Waals surface area contributed by atoms with Gasteiger partial charge in [-0.15, -0.1) is 0 Å². The molecule has 0 aromatic heterocycles. The third-order valence-electron chi connectivity index (χ3n) is 3.09. The highest BCUT2D eigenvalue weighted by molar-refractivity contribution is 6.35. The fourth-order valence-electron chi connectivity index (χ4n) is 1.80. The van der Waals surface area contributed by atoms with Crippen molar-refractivity contribution in [3.05, 3.63) is 71.8 Å². The molecule has 0 unspecified atom stereocenters. The minimum absolute atomic E-state index is 0.0173. The maximum Gasteiger partial charge on any atom is 0.192 e. The van der Waals surface area contributed by atoms with Crippen molar-refractivity contribution in [2.75, 3.05) is 0 Å². The third-order valence-corrected chi connectivity index (χ3v) is 3.09. The van der Waals surface area contributed by atoms with Crippen LogP contribution < -0.4 is 0 Å². The van der Waals surface area contributed by atoms with Gasteiger partial charge in [-0.2, -0.15) is 0 Å². The van der Waals surface area contributed by atoms with Crippen molar-refractivity contribution in [3.63, 3.8) is 0 Å². The Bertz CT molecular complexity index is 522. The molecule has 0 amide bonds. The number of rotatable bonds is 6. The maximum atomic E-state index is 12.4. The first-order chi connectivity index (χ1) is 9.45. The van der Waals surface area contributed by atoms with Crippen LogP contribution in [0.1, 0.15) is 35.5 Å². The summed E-state index contributed by atoms with van der Waals surface area (Å²) in [5.74, 6) is 0.487. The molecule has 0 saturated carbocycles. The molecule has 0 bridgehead atoms. The van der Waals surface area contributed by atoms with Gasteiger partial charge in [0.15, 0.2) is 5.78 Å². The van der Waals surface area contributed by atoms with Crippen molar-refractivity contribution < 1.29 is 4.79 Å². The average molecular weight is 264 g/mol. The lowest BCUT2D eigenvalue weighted by Gasteiger charge is -2.06. The first-order valence-electron chi connectivity index (χ1n) is 7.11. The van der Waals surface area contributed by atoms with E-state index in [1.54, 1.807) is 6.08 Å². The van der Waals surface area contributed by atoms with Gasteiger partial charge in [-0.25, -0.2) is 0 Å². The Morgan fingerprint density at radius 1 is 1.20 bits per heavy atom. The van der Waals surface area contributed by atoms with Crippen molar-refractivity contribution in [1.29, 1.82) is 0 Å². The van der Waals surface area contributed by atoms with Gasteiger partial charge in [0, 0.05) is 11.1 Å². The van der Waals surface area contributed by atoms with Crippen LogP contribution in [-0.4, -0.2) is 21.5 Å². The molecule has 0 aliphatic carbocycles. The standard InChI is InChI=1S/C17H22B2O/c1-4-13(7-5-6-12(2)3)16(20)14-8-10-15(11-9-14)17(18)19/h4-12,17H,1,18-19H2,2-3H3/b6-5-,13-7+. The lowest BCUT2D eigenvalue weighted by atomic mass is 9.67. The van der Waals surface area contributed by atoms with E-state index in [1.165, 1.54) is 5.56 Å². The van der Waals surface area contributed by atoms with Crippen molar-refractivity contribution in [2.24, 2.45) is 5.92 Å². The SMILES string of the molecule is BC(B)c1ccc(C(=O)/C(C=C)=C/C=C\C(C)C)cc1. The molecule has 0 aliphatic heterocycles. The van der Waals surface area contributed by atoms with E-state index >= 15 is 0 Å². The predicted octanol–water partition coefficient (Wildman–Crippen LogP) is 2.46. The zero-order valence-corrected chi connectivity index (χ0v) is 12.9. The molecule has 1 aromatic carbocycles. The summed E-state index contributed by atoms with van der Waals surface area (Å²) in [7, 11) is 4.28. The second kappa shape index (κ2) is 7.74. The van der Waals surface area contributed by atoms with Crippen LogP contribution in [0, 0.1) is 5.92 Å². The highest BCUT2D eigenvalue weighted by Crippen LogP contribution is 2.14. The molecule has 0 N–H and O–H groups in total. The number of benzene rings is 1. The highest BCUT2D eigenvalue weighted by atomic mass is 16.1. The molecule has 0 atom stereocenters. The highest BCUT2D eigenvalue weighted by Gasteiger charge is 2.09. The summed E-state index contributed by atoms with van der Waals surface area (Å²) in [4.78, 5) is 12.4. The Labute approximate surface area is 124 Å². The minimum atomic E-state index is 0.0173. The first-order valence-corrected chi connectivity index (χ1v) is 7.11. The van der Waals surface area contributed by atoms with Crippen LogP contribution in [0.3, 0.4) is 0 Å². The first kappa shape index (κ1) is 16.3. The smallest absolute Gasteiger partial charge is 0.192 e. The van der Waals surface area contributed by atoms with Gasteiger partial charge in [-0.05, 0) is 5.92 Å². The van der Waals surface area contributed by atoms with Gasteiger partial charge in [0.2, 0.25) is 0 Å². The van der Waals surface area contributed by atoms with Gasteiger partial charge < -0.3 is 0 Å². The van der Waals surface area contributed by atoms with Crippen molar-refractivity contribution in [3.8, 4) is 0 Å². The molecule has 0 saturated heterocycles.